The van der Waals surface area contributed by atoms with E-state index in [1.165, 1.54) is 15.6 Å². The van der Waals surface area contributed by atoms with Crippen molar-refractivity contribution < 1.29 is 13.2 Å². The van der Waals surface area contributed by atoms with Gasteiger partial charge >= 0.3 is 0 Å². The number of rotatable bonds is 4. The zero-order valence-corrected chi connectivity index (χ0v) is 10.8. The van der Waals surface area contributed by atoms with Crippen molar-refractivity contribution in [3.8, 4) is 0 Å². The summed E-state index contributed by atoms with van der Waals surface area (Å²) in [4.78, 5) is 0. The van der Waals surface area contributed by atoms with Crippen LogP contribution in [0.2, 0.25) is 0 Å². The van der Waals surface area contributed by atoms with E-state index >= 15 is 0 Å². The molecule has 0 bridgehead atoms. The number of likely N-dealkylation sites (N-methyl/N-ethyl adjacent to an activating group) is 1. The van der Waals surface area contributed by atoms with Crippen LogP contribution in [-0.2, 0) is 14.8 Å². The third-order valence-corrected chi connectivity index (χ3v) is 5.84. The lowest BCUT2D eigenvalue weighted by molar-refractivity contribution is 0.0979. The standard InChI is InChI=1S/C10H15NO3S2/c1-11(8-9-4-2-6-14-9)16(12,13)10-5-3-7-15-10/h3,5,7,9H,2,4,6,8H2,1H3. The molecule has 0 amide bonds. The van der Waals surface area contributed by atoms with Crippen LogP contribution >= 0.6 is 11.3 Å². The first-order valence-electron chi connectivity index (χ1n) is 5.22. The number of thiophene rings is 1. The minimum Gasteiger partial charge on any atom is -0.377 e. The van der Waals surface area contributed by atoms with E-state index in [0.29, 0.717) is 10.8 Å². The molecule has 1 atom stereocenters. The normalized spacial score (nSPS) is 21.8. The van der Waals surface area contributed by atoms with E-state index in [2.05, 4.69) is 0 Å². The molecule has 0 spiro atoms. The lowest BCUT2D eigenvalue weighted by Crippen LogP contribution is -2.33. The fourth-order valence-electron chi connectivity index (χ4n) is 1.74. The molecule has 2 rings (SSSR count). The third kappa shape index (κ3) is 2.45. The van der Waals surface area contributed by atoms with Crippen molar-refractivity contribution in [2.24, 2.45) is 0 Å². The maximum absolute atomic E-state index is 12.1. The van der Waals surface area contributed by atoms with Crippen molar-refractivity contribution in [3.05, 3.63) is 17.5 Å². The monoisotopic (exact) mass is 261 g/mol. The Morgan fingerprint density at radius 3 is 3.00 bits per heavy atom. The number of hydrogen-bond donors (Lipinski definition) is 0. The molecular formula is C10H15NO3S2. The molecule has 1 aliphatic rings. The number of sulfonamides is 1. The fraction of sp³-hybridized carbons (Fsp3) is 0.600. The second kappa shape index (κ2) is 4.83. The fourth-order valence-corrected chi connectivity index (χ4v) is 4.14. The van der Waals surface area contributed by atoms with Gasteiger partial charge < -0.3 is 4.74 Å². The van der Waals surface area contributed by atoms with E-state index in [1.807, 2.05) is 0 Å². The topological polar surface area (TPSA) is 46.6 Å². The van der Waals surface area contributed by atoms with E-state index in [1.54, 1.807) is 24.6 Å². The van der Waals surface area contributed by atoms with Gasteiger partial charge in [0, 0.05) is 20.2 Å². The Balaban J connectivity index is 2.06. The molecular weight excluding hydrogens is 246 g/mol. The Morgan fingerprint density at radius 2 is 2.44 bits per heavy atom. The highest BCUT2D eigenvalue weighted by Crippen LogP contribution is 2.21. The number of ether oxygens (including phenoxy) is 1. The SMILES string of the molecule is CN(CC1CCCO1)S(=O)(=O)c1cccs1. The van der Waals surface area contributed by atoms with Gasteiger partial charge in [0.1, 0.15) is 4.21 Å². The molecule has 1 aromatic heterocycles. The van der Waals surface area contributed by atoms with Gasteiger partial charge in [-0.3, -0.25) is 0 Å². The highest BCUT2D eigenvalue weighted by Gasteiger charge is 2.26. The molecule has 0 aromatic carbocycles. The lowest BCUT2D eigenvalue weighted by Gasteiger charge is -2.19. The van der Waals surface area contributed by atoms with Gasteiger partial charge in [0.2, 0.25) is 0 Å². The summed E-state index contributed by atoms with van der Waals surface area (Å²) < 4.78 is 31.3. The van der Waals surface area contributed by atoms with Crippen LogP contribution in [0.3, 0.4) is 0 Å². The first kappa shape index (κ1) is 12.0. The van der Waals surface area contributed by atoms with Crippen LogP contribution in [0, 0.1) is 0 Å². The molecule has 2 heterocycles. The second-order valence-electron chi connectivity index (χ2n) is 3.85. The predicted molar refractivity (Wildman–Crippen MR) is 63.1 cm³/mol. The smallest absolute Gasteiger partial charge is 0.252 e. The molecule has 0 saturated carbocycles. The summed E-state index contributed by atoms with van der Waals surface area (Å²) in [6.45, 7) is 1.19. The summed E-state index contributed by atoms with van der Waals surface area (Å²) in [6, 6.07) is 3.38. The quantitative estimate of drug-likeness (QED) is 0.826. The van der Waals surface area contributed by atoms with Crippen molar-refractivity contribution in [1.82, 2.24) is 4.31 Å². The molecule has 90 valence electrons. The average Bonchev–Trinajstić information content (AvgIpc) is 2.89. The van der Waals surface area contributed by atoms with Crippen LogP contribution in [0.15, 0.2) is 21.7 Å². The van der Waals surface area contributed by atoms with E-state index in [4.69, 9.17) is 4.74 Å². The summed E-state index contributed by atoms with van der Waals surface area (Å²) >= 11 is 1.25. The molecule has 16 heavy (non-hydrogen) atoms. The molecule has 6 heteroatoms. The van der Waals surface area contributed by atoms with E-state index in [9.17, 15) is 8.42 Å². The van der Waals surface area contributed by atoms with E-state index in [0.717, 1.165) is 19.4 Å². The molecule has 0 aliphatic carbocycles. The third-order valence-electron chi connectivity index (χ3n) is 2.64. The van der Waals surface area contributed by atoms with Gasteiger partial charge in [0.15, 0.2) is 0 Å². The van der Waals surface area contributed by atoms with Crippen molar-refractivity contribution in [2.45, 2.75) is 23.2 Å². The van der Waals surface area contributed by atoms with Crippen LogP contribution < -0.4 is 0 Å². The molecule has 4 nitrogen and oxygen atoms in total. The van der Waals surface area contributed by atoms with Gasteiger partial charge in [-0.2, -0.15) is 4.31 Å². The van der Waals surface area contributed by atoms with Crippen LogP contribution in [0.1, 0.15) is 12.8 Å². The van der Waals surface area contributed by atoms with Gasteiger partial charge in [0.05, 0.1) is 6.10 Å². The molecule has 1 aromatic rings. The van der Waals surface area contributed by atoms with Crippen LogP contribution in [0.5, 0.6) is 0 Å². The van der Waals surface area contributed by atoms with Gasteiger partial charge in [-0.25, -0.2) is 8.42 Å². The molecule has 1 unspecified atom stereocenters. The Morgan fingerprint density at radius 1 is 1.62 bits per heavy atom. The largest absolute Gasteiger partial charge is 0.377 e. The van der Waals surface area contributed by atoms with Gasteiger partial charge in [0.25, 0.3) is 10.0 Å². The Bertz CT molecular complexity index is 421. The van der Waals surface area contributed by atoms with Crippen LogP contribution in [0.25, 0.3) is 0 Å². The summed E-state index contributed by atoms with van der Waals surface area (Å²) in [5.74, 6) is 0. The first-order chi connectivity index (χ1) is 7.60. The van der Waals surface area contributed by atoms with E-state index < -0.39 is 10.0 Å². The summed E-state index contributed by atoms with van der Waals surface area (Å²) in [6.07, 6.45) is 2.03. The van der Waals surface area contributed by atoms with E-state index in [-0.39, 0.29) is 6.10 Å². The second-order valence-corrected chi connectivity index (χ2v) is 7.07. The number of nitrogens with zero attached hydrogens (tertiary/aromatic N) is 1. The van der Waals surface area contributed by atoms with Gasteiger partial charge in [-0.1, -0.05) is 6.07 Å². The zero-order valence-electron chi connectivity index (χ0n) is 9.13. The first-order valence-corrected chi connectivity index (χ1v) is 7.54. The van der Waals surface area contributed by atoms with Crippen molar-refractivity contribution in [1.29, 1.82) is 0 Å². The van der Waals surface area contributed by atoms with Crippen LogP contribution in [0.4, 0.5) is 0 Å². The average molecular weight is 261 g/mol. The van der Waals surface area contributed by atoms with Crippen molar-refractivity contribution >= 4 is 21.4 Å². The molecule has 1 fully saturated rings. The number of hydrogen-bond acceptors (Lipinski definition) is 4. The molecule has 0 radical (unpaired) electrons. The summed E-state index contributed by atoms with van der Waals surface area (Å²) in [5, 5.41) is 1.77. The molecule has 0 N–H and O–H groups in total. The predicted octanol–water partition coefficient (Wildman–Crippen LogP) is 1.55. The minimum absolute atomic E-state index is 0.0553. The minimum atomic E-state index is -3.31. The maximum atomic E-state index is 12.1. The van der Waals surface area contributed by atoms with Crippen molar-refractivity contribution in [2.75, 3.05) is 20.2 Å². The molecule has 1 saturated heterocycles. The lowest BCUT2D eigenvalue weighted by atomic mass is 10.2. The van der Waals surface area contributed by atoms with Gasteiger partial charge in [-0.15, -0.1) is 11.3 Å². The Hall–Kier alpha value is -0.430. The Labute approximate surface area is 99.9 Å². The highest BCUT2D eigenvalue weighted by molar-refractivity contribution is 7.91. The highest BCUT2D eigenvalue weighted by atomic mass is 32.2. The van der Waals surface area contributed by atoms with Crippen LogP contribution in [-0.4, -0.2) is 39.0 Å². The summed E-state index contributed by atoms with van der Waals surface area (Å²) in [7, 11) is -1.70. The van der Waals surface area contributed by atoms with Crippen molar-refractivity contribution in [3.63, 3.8) is 0 Å². The van der Waals surface area contributed by atoms with Gasteiger partial charge in [-0.05, 0) is 24.3 Å². The maximum Gasteiger partial charge on any atom is 0.252 e. The summed E-state index contributed by atoms with van der Waals surface area (Å²) in [5.41, 5.74) is 0. The Kier molecular flexibility index (Phi) is 3.63. The zero-order chi connectivity index (χ0) is 11.6. The molecule has 1 aliphatic heterocycles.